The van der Waals surface area contributed by atoms with Crippen LogP contribution in [0.4, 0.5) is 0 Å². The average molecular weight is 288 g/mol. The summed E-state index contributed by atoms with van der Waals surface area (Å²) in [5.74, 6) is -0.0394. The van der Waals surface area contributed by atoms with Gasteiger partial charge in [-0.1, -0.05) is 18.2 Å². The summed E-state index contributed by atoms with van der Waals surface area (Å²) in [6.45, 7) is 1.93. The Morgan fingerprint density at radius 2 is 2.14 bits per heavy atom. The summed E-state index contributed by atoms with van der Waals surface area (Å²) in [5.41, 5.74) is 2.05. The zero-order valence-corrected chi connectivity index (χ0v) is 12.1. The van der Waals surface area contributed by atoms with E-state index in [1.54, 1.807) is 13.3 Å². The van der Waals surface area contributed by atoms with Crippen molar-refractivity contribution in [3.05, 3.63) is 48.3 Å². The van der Waals surface area contributed by atoms with E-state index in [0.29, 0.717) is 19.7 Å². The lowest BCUT2D eigenvalue weighted by atomic mass is 10.3. The standard InChI is InChI=1S/C15H20N4O2/c1-21-8-7-17-15(20)11-16-9-13-10-18-19(12-13)14-5-3-2-4-6-14/h2-6,10,12,16H,7-9,11H2,1H3,(H,17,20). The van der Waals surface area contributed by atoms with Gasteiger partial charge in [-0.3, -0.25) is 4.79 Å². The molecule has 0 bridgehead atoms. The van der Waals surface area contributed by atoms with Crippen molar-refractivity contribution in [2.45, 2.75) is 6.54 Å². The third kappa shape index (κ3) is 5.02. The van der Waals surface area contributed by atoms with E-state index in [0.717, 1.165) is 11.3 Å². The van der Waals surface area contributed by atoms with E-state index < -0.39 is 0 Å². The van der Waals surface area contributed by atoms with Crippen LogP contribution in [0.25, 0.3) is 5.69 Å². The first-order valence-corrected chi connectivity index (χ1v) is 6.85. The van der Waals surface area contributed by atoms with Crippen molar-refractivity contribution in [1.29, 1.82) is 0 Å². The number of benzene rings is 1. The molecule has 1 aromatic heterocycles. The molecule has 1 amide bonds. The third-order valence-electron chi connectivity index (χ3n) is 2.90. The molecule has 0 saturated carbocycles. The minimum absolute atomic E-state index is 0.0394. The molecule has 6 nitrogen and oxygen atoms in total. The van der Waals surface area contributed by atoms with Crippen LogP contribution in [0.1, 0.15) is 5.56 Å². The van der Waals surface area contributed by atoms with Gasteiger partial charge in [-0.05, 0) is 12.1 Å². The second-order valence-electron chi connectivity index (χ2n) is 4.58. The van der Waals surface area contributed by atoms with E-state index in [2.05, 4.69) is 15.7 Å². The number of nitrogens with zero attached hydrogens (tertiary/aromatic N) is 2. The van der Waals surface area contributed by atoms with Crippen LogP contribution in [-0.4, -0.2) is 42.5 Å². The number of para-hydroxylation sites is 1. The third-order valence-corrected chi connectivity index (χ3v) is 2.90. The van der Waals surface area contributed by atoms with Gasteiger partial charge in [0.1, 0.15) is 0 Å². The number of aromatic nitrogens is 2. The fourth-order valence-corrected chi connectivity index (χ4v) is 1.85. The summed E-state index contributed by atoms with van der Waals surface area (Å²) >= 11 is 0. The normalized spacial score (nSPS) is 10.5. The number of carbonyl (C=O) groups is 1. The lowest BCUT2D eigenvalue weighted by Crippen LogP contribution is -2.35. The molecule has 1 heterocycles. The quantitative estimate of drug-likeness (QED) is 0.703. The molecule has 0 saturated heterocycles. The molecule has 2 N–H and O–H groups in total. The summed E-state index contributed by atoms with van der Waals surface area (Å²) in [6.07, 6.45) is 3.74. The molecule has 0 radical (unpaired) electrons. The monoisotopic (exact) mass is 288 g/mol. The predicted octanol–water partition coefficient (Wildman–Crippen LogP) is 0.725. The van der Waals surface area contributed by atoms with E-state index in [4.69, 9.17) is 4.74 Å². The Bertz CT molecular complexity index is 554. The van der Waals surface area contributed by atoms with Gasteiger partial charge < -0.3 is 15.4 Å². The maximum Gasteiger partial charge on any atom is 0.234 e. The summed E-state index contributed by atoms with van der Waals surface area (Å²) in [6, 6.07) is 9.90. The minimum Gasteiger partial charge on any atom is -0.383 e. The summed E-state index contributed by atoms with van der Waals surface area (Å²) in [7, 11) is 1.61. The van der Waals surface area contributed by atoms with Crippen LogP contribution in [0.5, 0.6) is 0 Å². The molecule has 1 aromatic carbocycles. The van der Waals surface area contributed by atoms with Crippen molar-refractivity contribution in [1.82, 2.24) is 20.4 Å². The van der Waals surface area contributed by atoms with Gasteiger partial charge in [-0.25, -0.2) is 4.68 Å². The summed E-state index contributed by atoms with van der Waals surface area (Å²) in [5, 5.41) is 10.1. The lowest BCUT2D eigenvalue weighted by Gasteiger charge is -2.05. The summed E-state index contributed by atoms with van der Waals surface area (Å²) < 4.78 is 6.68. The molecule has 0 spiro atoms. The zero-order chi connectivity index (χ0) is 14.9. The molecule has 0 aliphatic rings. The molecule has 2 rings (SSSR count). The molecule has 112 valence electrons. The molecule has 21 heavy (non-hydrogen) atoms. The number of ether oxygens (including phenoxy) is 1. The molecular weight excluding hydrogens is 268 g/mol. The largest absolute Gasteiger partial charge is 0.383 e. The maximum absolute atomic E-state index is 11.5. The average Bonchev–Trinajstić information content (AvgIpc) is 2.97. The molecule has 2 aromatic rings. The van der Waals surface area contributed by atoms with Crippen LogP contribution in [0.3, 0.4) is 0 Å². The zero-order valence-electron chi connectivity index (χ0n) is 12.1. The smallest absolute Gasteiger partial charge is 0.234 e. The minimum atomic E-state index is -0.0394. The Labute approximate surface area is 124 Å². The highest BCUT2D eigenvalue weighted by Crippen LogP contribution is 2.07. The maximum atomic E-state index is 11.5. The number of hydrogen-bond donors (Lipinski definition) is 2. The van der Waals surface area contributed by atoms with Crippen molar-refractivity contribution in [3.8, 4) is 5.69 Å². The highest BCUT2D eigenvalue weighted by atomic mass is 16.5. The fourth-order valence-electron chi connectivity index (χ4n) is 1.85. The Morgan fingerprint density at radius 1 is 1.33 bits per heavy atom. The van der Waals surface area contributed by atoms with Gasteiger partial charge in [0.25, 0.3) is 0 Å². The molecule has 0 unspecified atom stereocenters. The second kappa shape index (κ2) is 8.18. The van der Waals surface area contributed by atoms with E-state index >= 15 is 0 Å². The number of hydrogen-bond acceptors (Lipinski definition) is 4. The molecular formula is C15H20N4O2. The number of carbonyl (C=O) groups excluding carboxylic acids is 1. The first kappa shape index (κ1) is 15.2. The van der Waals surface area contributed by atoms with Crippen LogP contribution in [-0.2, 0) is 16.1 Å². The predicted molar refractivity (Wildman–Crippen MR) is 80.2 cm³/mol. The van der Waals surface area contributed by atoms with Crippen LogP contribution in [0, 0.1) is 0 Å². The van der Waals surface area contributed by atoms with E-state index in [-0.39, 0.29) is 12.5 Å². The van der Waals surface area contributed by atoms with Crippen LogP contribution in [0.15, 0.2) is 42.7 Å². The van der Waals surface area contributed by atoms with Crippen molar-refractivity contribution < 1.29 is 9.53 Å². The summed E-state index contributed by atoms with van der Waals surface area (Å²) in [4.78, 5) is 11.5. The van der Waals surface area contributed by atoms with Gasteiger partial charge in [0.2, 0.25) is 5.91 Å². The molecule has 0 aliphatic heterocycles. The van der Waals surface area contributed by atoms with E-state index in [1.807, 2.05) is 41.2 Å². The number of rotatable bonds is 8. The fraction of sp³-hybridized carbons (Fsp3) is 0.333. The number of methoxy groups -OCH3 is 1. The Kier molecular flexibility index (Phi) is 5.93. The van der Waals surface area contributed by atoms with Gasteiger partial charge in [-0.15, -0.1) is 0 Å². The molecule has 6 heteroatoms. The highest BCUT2D eigenvalue weighted by molar-refractivity contribution is 5.77. The Hall–Kier alpha value is -2.18. The molecule has 0 aliphatic carbocycles. The Balaban J connectivity index is 1.75. The topological polar surface area (TPSA) is 68.2 Å². The Morgan fingerprint density at radius 3 is 2.90 bits per heavy atom. The first-order chi connectivity index (χ1) is 10.3. The molecule has 0 fully saturated rings. The second-order valence-corrected chi connectivity index (χ2v) is 4.58. The SMILES string of the molecule is COCCNC(=O)CNCc1cnn(-c2ccccc2)c1. The van der Waals surface area contributed by atoms with Gasteiger partial charge in [0.05, 0.1) is 25.0 Å². The number of nitrogens with one attached hydrogen (secondary N) is 2. The van der Waals surface area contributed by atoms with Gasteiger partial charge in [0, 0.05) is 32.0 Å². The van der Waals surface area contributed by atoms with Crippen molar-refractivity contribution in [3.63, 3.8) is 0 Å². The van der Waals surface area contributed by atoms with Gasteiger partial charge >= 0.3 is 0 Å². The number of amides is 1. The van der Waals surface area contributed by atoms with Gasteiger partial charge in [0.15, 0.2) is 0 Å². The van der Waals surface area contributed by atoms with Crippen molar-refractivity contribution >= 4 is 5.91 Å². The highest BCUT2D eigenvalue weighted by Gasteiger charge is 2.02. The van der Waals surface area contributed by atoms with E-state index in [1.165, 1.54) is 0 Å². The lowest BCUT2D eigenvalue weighted by molar-refractivity contribution is -0.120. The van der Waals surface area contributed by atoms with Crippen LogP contribution in [0.2, 0.25) is 0 Å². The first-order valence-electron chi connectivity index (χ1n) is 6.85. The molecule has 0 atom stereocenters. The van der Waals surface area contributed by atoms with Crippen molar-refractivity contribution in [2.24, 2.45) is 0 Å². The van der Waals surface area contributed by atoms with Crippen LogP contribution < -0.4 is 10.6 Å². The van der Waals surface area contributed by atoms with Crippen molar-refractivity contribution in [2.75, 3.05) is 26.8 Å². The van der Waals surface area contributed by atoms with Crippen LogP contribution >= 0.6 is 0 Å². The van der Waals surface area contributed by atoms with E-state index in [9.17, 15) is 4.79 Å². The van der Waals surface area contributed by atoms with Gasteiger partial charge in [-0.2, -0.15) is 5.10 Å².